The quantitative estimate of drug-likeness (QED) is 0.940. The standard InChI is InChI=1S/C12H13F3N4O/c1-7(2)11-16-4-10(9(6-20)18-11)19-5-8(3-17-19)12(13,14)15/h3-5,7,20H,6H2,1-2H3. The predicted octanol–water partition coefficient (Wildman–Crippen LogP) is 2.30. The highest BCUT2D eigenvalue weighted by Crippen LogP contribution is 2.29. The van der Waals surface area contributed by atoms with E-state index in [2.05, 4.69) is 15.1 Å². The molecule has 0 aliphatic rings. The Bertz CT molecular complexity index is 607. The Kier molecular flexibility index (Phi) is 3.76. The van der Waals surface area contributed by atoms with Gasteiger partial charge in [0.2, 0.25) is 0 Å². The number of aliphatic hydroxyl groups excluding tert-OH is 1. The van der Waals surface area contributed by atoms with Crippen molar-refractivity contribution in [3.8, 4) is 5.69 Å². The topological polar surface area (TPSA) is 63.8 Å². The van der Waals surface area contributed by atoms with Gasteiger partial charge in [0.25, 0.3) is 0 Å². The summed E-state index contributed by atoms with van der Waals surface area (Å²) in [5.74, 6) is 0.568. The van der Waals surface area contributed by atoms with Crippen LogP contribution in [0.1, 0.15) is 36.8 Å². The van der Waals surface area contributed by atoms with E-state index in [4.69, 9.17) is 0 Å². The highest BCUT2D eigenvalue weighted by Gasteiger charge is 2.32. The molecule has 0 unspecified atom stereocenters. The second-order valence-corrected chi connectivity index (χ2v) is 4.54. The minimum Gasteiger partial charge on any atom is -0.390 e. The van der Waals surface area contributed by atoms with E-state index < -0.39 is 18.3 Å². The van der Waals surface area contributed by atoms with Crippen LogP contribution in [0.3, 0.4) is 0 Å². The van der Waals surface area contributed by atoms with Crippen molar-refractivity contribution in [3.63, 3.8) is 0 Å². The first-order valence-corrected chi connectivity index (χ1v) is 5.92. The zero-order valence-electron chi connectivity index (χ0n) is 10.9. The fraction of sp³-hybridized carbons (Fsp3) is 0.417. The van der Waals surface area contributed by atoms with Crippen LogP contribution < -0.4 is 0 Å². The second kappa shape index (κ2) is 5.20. The zero-order chi connectivity index (χ0) is 14.9. The highest BCUT2D eigenvalue weighted by atomic mass is 19.4. The number of aliphatic hydroxyl groups is 1. The fourth-order valence-electron chi connectivity index (χ4n) is 1.61. The van der Waals surface area contributed by atoms with Crippen LogP contribution in [0.15, 0.2) is 18.6 Å². The SMILES string of the molecule is CC(C)c1ncc(-n2cc(C(F)(F)F)cn2)c(CO)n1. The van der Waals surface area contributed by atoms with Gasteiger partial charge in [0.05, 0.1) is 30.3 Å². The van der Waals surface area contributed by atoms with Gasteiger partial charge in [0.1, 0.15) is 11.5 Å². The maximum Gasteiger partial charge on any atom is 0.419 e. The fourth-order valence-corrected chi connectivity index (χ4v) is 1.61. The molecule has 5 nitrogen and oxygen atoms in total. The predicted molar refractivity (Wildman–Crippen MR) is 64.2 cm³/mol. The summed E-state index contributed by atoms with van der Waals surface area (Å²) in [6.07, 6.45) is -1.54. The minimum absolute atomic E-state index is 0.0534. The third-order valence-corrected chi connectivity index (χ3v) is 2.69. The van der Waals surface area contributed by atoms with Crippen molar-refractivity contribution >= 4 is 0 Å². The summed E-state index contributed by atoms with van der Waals surface area (Å²) in [6, 6.07) is 0. The number of halogens is 3. The summed E-state index contributed by atoms with van der Waals surface area (Å²) in [4.78, 5) is 8.21. The van der Waals surface area contributed by atoms with Crippen molar-refractivity contribution in [1.29, 1.82) is 0 Å². The molecule has 8 heteroatoms. The summed E-state index contributed by atoms with van der Waals surface area (Å²) in [6.45, 7) is 3.36. The molecular formula is C12H13F3N4O. The summed E-state index contributed by atoms with van der Waals surface area (Å²) < 4.78 is 38.6. The monoisotopic (exact) mass is 286 g/mol. The summed E-state index contributed by atoms with van der Waals surface area (Å²) in [5, 5.41) is 12.9. The number of hydrogen-bond donors (Lipinski definition) is 1. The van der Waals surface area contributed by atoms with E-state index in [1.807, 2.05) is 13.8 Å². The molecule has 108 valence electrons. The van der Waals surface area contributed by atoms with Crippen molar-refractivity contribution in [2.24, 2.45) is 0 Å². The molecule has 0 saturated carbocycles. The van der Waals surface area contributed by atoms with Crippen molar-refractivity contribution in [3.05, 3.63) is 35.7 Å². The molecule has 0 bridgehead atoms. The molecule has 2 aromatic rings. The van der Waals surface area contributed by atoms with Crippen molar-refractivity contribution in [2.75, 3.05) is 0 Å². The first-order valence-electron chi connectivity index (χ1n) is 5.92. The summed E-state index contributed by atoms with van der Waals surface area (Å²) in [5.41, 5.74) is -0.401. The first-order chi connectivity index (χ1) is 9.32. The van der Waals surface area contributed by atoms with E-state index in [1.165, 1.54) is 6.20 Å². The molecule has 0 spiro atoms. The highest BCUT2D eigenvalue weighted by molar-refractivity contribution is 5.34. The van der Waals surface area contributed by atoms with Crippen LogP contribution in [0, 0.1) is 0 Å². The average Bonchev–Trinajstić information content (AvgIpc) is 2.87. The van der Waals surface area contributed by atoms with Crippen LogP contribution in [0.4, 0.5) is 13.2 Å². The molecule has 0 radical (unpaired) electrons. The lowest BCUT2D eigenvalue weighted by atomic mass is 10.2. The maximum absolute atomic E-state index is 12.5. The Morgan fingerprint density at radius 2 is 2.00 bits per heavy atom. The lowest BCUT2D eigenvalue weighted by Gasteiger charge is -2.10. The summed E-state index contributed by atoms with van der Waals surface area (Å²) in [7, 11) is 0. The van der Waals surface area contributed by atoms with E-state index in [0.717, 1.165) is 17.1 Å². The van der Waals surface area contributed by atoms with Gasteiger partial charge in [-0.05, 0) is 0 Å². The zero-order valence-corrected chi connectivity index (χ0v) is 10.9. The number of aromatic nitrogens is 4. The molecule has 0 atom stereocenters. The van der Waals surface area contributed by atoms with Crippen LogP contribution in [-0.4, -0.2) is 24.9 Å². The van der Waals surface area contributed by atoms with Crippen molar-refractivity contribution in [2.45, 2.75) is 32.5 Å². The molecule has 2 aromatic heterocycles. The largest absolute Gasteiger partial charge is 0.419 e. The number of alkyl halides is 3. The molecular weight excluding hydrogens is 273 g/mol. The Balaban J connectivity index is 2.45. The van der Waals surface area contributed by atoms with E-state index in [9.17, 15) is 18.3 Å². The van der Waals surface area contributed by atoms with Gasteiger partial charge in [0.15, 0.2) is 0 Å². The second-order valence-electron chi connectivity index (χ2n) is 4.54. The van der Waals surface area contributed by atoms with Crippen LogP contribution in [0.25, 0.3) is 5.69 Å². The smallest absolute Gasteiger partial charge is 0.390 e. The number of nitrogens with zero attached hydrogens (tertiary/aromatic N) is 4. The normalized spacial score (nSPS) is 12.2. The number of rotatable bonds is 3. The van der Waals surface area contributed by atoms with Gasteiger partial charge in [-0.15, -0.1) is 0 Å². The molecule has 2 heterocycles. The molecule has 0 saturated heterocycles. The Hall–Kier alpha value is -1.96. The first kappa shape index (κ1) is 14.4. The van der Waals surface area contributed by atoms with Crippen LogP contribution in [0.5, 0.6) is 0 Å². The van der Waals surface area contributed by atoms with Gasteiger partial charge < -0.3 is 5.11 Å². The Morgan fingerprint density at radius 3 is 2.50 bits per heavy atom. The van der Waals surface area contributed by atoms with Crippen LogP contribution in [-0.2, 0) is 12.8 Å². The molecule has 0 aliphatic heterocycles. The van der Waals surface area contributed by atoms with E-state index >= 15 is 0 Å². The summed E-state index contributed by atoms with van der Waals surface area (Å²) >= 11 is 0. The third-order valence-electron chi connectivity index (χ3n) is 2.69. The van der Waals surface area contributed by atoms with Gasteiger partial charge in [-0.2, -0.15) is 18.3 Å². The van der Waals surface area contributed by atoms with Crippen molar-refractivity contribution in [1.82, 2.24) is 19.7 Å². The van der Waals surface area contributed by atoms with Gasteiger partial charge in [-0.3, -0.25) is 0 Å². The molecule has 0 amide bonds. The number of hydrogen-bond acceptors (Lipinski definition) is 4. The molecule has 0 aromatic carbocycles. The molecule has 2 rings (SSSR count). The molecule has 0 fully saturated rings. The van der Waals surface area contributed by atoms with Gasteiger partial charge >= 0.3 is 6.18 Å². The lowest BCUT2D eigenvalue weighted by molar-refractivity contribution is -0.137. The van der Waals surface area contributed by atoms with E-state index in [1.54, 1.807) is 0 Å². The maximum atomic E-state index is 12.5. The third kappa shape index (κ3) is 2.79. The molecule has 1 N–H and O–H groups in total. The van der Waals surface area contributed by atoms with Gasteiger partial charge in [-0.25, -0.2) is 14.6 Å². The van der Waals surface area contributed by atoms with E-state index in [0.29, 0.717) is 5.82 Å². The van der Waals surface area contributed by atoms with Crippen LogP contribution >= 0.6 is 0 Å². The lowest BCUT2D eigenvalue weighted by Crippen LogP contribution is -2.08. The Morgan fingerprint density at radius 1 is 1.30 bits per heavy atom. The molecule has 0 aliphatic carbocycles. The minimum atomic E-state index is -4.46. The average molecular weight is 286 g/mol. The van der Waals surface area contributed by atoms with Crippen molar-refractivity contribution < 1.29 is 18.3 Å². The van der Waals surface area contributed by atoms with Crippen LogP contribution in [0.2, 0.25) is 0 Å². The molecule has 20 heavy (non-hydrogen) atoms. The van der Waals surface area contributed by atoms with E-state index in [-0.39, 0.29) is 17.3 Å². The Labute approximate surface area is 113 Å². The van der Waals surface area contributed by atoms with Gasteiger partial charge in [0, 0.05) is 12.1 Å². The van der Waals surface area contributed by atoms with Gasteiger partial charge in [-0.1, -0.05) is 13.8 Å².